The van der Waals surface area contributed by atoms with Gasteiger partial charge in [-0.1, -0.05) is 12.5 Å². The van der Waals surface area contributed by atoms with E-state index < -0.39 is 0 Å². The Morgan fingerprint density at radius 2 is 2.26 bits per heavy atom. The molecular formula is C16H24N2O. The van der Waals surface area contributed by atoms with Crippen LogP contribution in [0.25, 0.3) is 0 Å². The number of nitrogens with one attached hydrogen (secondary N) is 1. The largest absolute Gasteiger partial charge is 0.475 e. The Balaban J connectivity index is 1.60. The lowest BCUT2D eigenvalue weighted by Crippen LogP contribution is -2.33. The van der Waals surface area contributed by atoms with Crippen LogP contribution in [0.2, 0.25) is 0 Å². The van der Waals surface area contributed by atoms with Crippen molar-refractivity contribution in [2.45, 2.75) is 58.2 Å². The fourth-order valence-corrected chi connectivity index (χ4v) is 3.62. The first kappa shape index (κ1) is 12.9. The number of hydrogen-bond donors (Lipinski definition) is 1. The molecule has 2 aliphatic carbocycles. The van der Waals surface area contributed by atoms with Gasteiger partial charge in [-0.25, -0.2) is 4.98 Å². The molecule has 2 aliphatic rings. The molecule has 3 rings (SSSR count). The summed E-state index contributed by atoms with van der Waals surface area (Å²) in [7, 11) is 0. The molecule has 0 aliphatic heterocycles. The lowest BCUT2D eigenvalue weighted by molar-refractivity contribution is 0.228. The molecule has 1 aromatic heterocycles. The molecule has 2 fully saturated rings. The summed E-state index contributed by atoms with van der Waals surface area (Å²) in [5.74, 6) is 2.69. The van der Waals surface area contributed by atoms with Gasteiger partial charge in [0, 0.05) is 24.3 Å². The molecule has 0 spiro atoms. The molecule has 0 radical (unpaired) electrons. The number of rotatable bonds is 5. The highest BCUT2D eigenvalue weighted by Gasteiger charge is 2.39. The summed E-state index contributed by atoms with van der Waals surface area (Å²) in [6.45, 7) is 4.97. The Kier molecular flexibility index (Phi) is 3.74. The van der Waals surface area contributed by atoms with E-state index in [1.807, 2.05) is 19.9 Å². The Morgan fingerprint density at radius 1 is 1.37 bits per heavy atom. The summed E-state index contributed by atoms with van der Waals surface area (Å²) >= 11 is 0. The average Bonchev–Trinajstić information content (AvgIpc) is 2.99. The summed E-state index contributed by atoms with van der Waals surface area (Å²) in [5.41, 5.74) is 1.18. The molecule has 2 bridgehead atoms. The maximum absolute atomic E-state index is 5.77. The van der Waals surface area contributed by atoms with Crippen LogP contribution in [0.5, 0.6) is 5.88 Å². The van der Waals surface area contributed by atoms with Crippen LogP contribution in [0.15, 0.2) is 18.3 Å². The predicted octanol–water partition coefficient (Wildman–Crippen LogP) is 3.15. The van der Waals surface area contributed by atoms with E-state index in [2.05, 4.69) is 16.4 Å². The standard InChI is InChI=1S/C16H24N2O/c1-11(2)19-16-14(4-3-7-17-16)10-18-15-9-12-5-6-13(15)8-12/h3-4,7,11-13,15,18H,5-6,8-10H2,1-2H3. The topological polar surface area (TPSA) is 34.1 Å². The van der Waals surface area contributed by atoms with Gasteiger partial charge in [0.25, 0.3) is 0 Å². The third-order valence-electron chi connectivity index (χ3n) is 4.49. The quantitative estimate of drug-likeness (QED) is 0.883. The molecule has 3 nitrogen and oxygen atoms in total. The summed E-state index contributed by atoms with van der Waals surface area (Å²) in [5, 5.41) is 3.72. The third kappa shape index (κ3) is 2.92. The molecule has 0 aromatic carbocycles. The van der Waals surface area contributed by atoms with Gasteiger partial charge in [0.05, 0.1) is 6.10 Å². The Bertz CT molecular complexity index is 433. The van der Waals surface area contributed by atoms with Crippen LogP contribution in [0.3, 0.4) is 0 Å². The average molecular weight is 260 g/mol. The smallest absolute Gasteiger partial charge is 0.218 e. The van der Waals surface area contributed by atoms with Crippen molar-refractivity contribution in [1.29, 1.82) is 0 Å². The highest BCUT2D eigenvalue weighted by molar-refractivity contribution is 5.25. The maximum atomic E-state index is 5.77. The molecule has 3 heteroatoms. The number of pyridine rings is 1. The van der Waals surface area contributed by atoms with E-state index in [0.717, 1.165) is 24.3 Å². The van der Waals surface area contributed by atoms with Crippen LogP contribution in [-0.2, 0) is 6.54 Å². The summed E-state index contributed by atoms with van der Waals surface area (Å²) < 4.78 is 5.77. The van der Waals surface area contributed by atoms with Gasteiger partial charge in [0.1, 0.15) is 0 Å². The monoisotopic (exact) mass is 260 g/mol. The Labute approximate surface area is 115 Å². The van der Waals surface area contributed by atoms with Crippen molar-refractivity contribution in [2.75, 3.05) is 0 Å². The molecule has 1 heterocycles. The van der Waals surface area contributed by atoms with E-state index in [-0.39, 0.29) is 6.10 Å². The van der Waals surface area contributed by atoms with Gasteiger partial charge in [0.2, 0.25) is 5.88 Å². The first-order valence-electron chi connectivity index (χ1n) is 7.56. The zero-order chi connectivity index (χ0) is 13.2. The van der Waals surface area contributed by atoms with Crippen molar-refractivity contribution in [3.05, 3.63) is 23.9 Å². The number of ether oxygens (including phenoxy) is 1. The van der Waals surface area contributed by atoms with Gasteiger partial charge in [-0.3, -0.25) is 0 Å². The van der Waals surface area contributed by atoms with Crippen LogP contribution in [0.1, 0.15) is 45.1 Å². The number of fused-ring (bicyclic) bond motifs is 2. The molecule has 104 valence electrons. The third-order valence-corrected chi connectivity index (χ3v) is 4.49. The van der Waals surface area contributed by atoms with E-state index in [1.54, 1.807) is 6.20 Å². The van der Waals surface area contributed by atoms with Crippen molar-refractivity contribution in [3.63, 3.8) is 0 Å². The lowest BCUT2D eigenvalue weighted by Gasteiger charge is -2.23. The van der Waals surface area contributed by atoms with Gasteiger partial charge < -0.3 is 10.1 Å². The minimum atomic E-state index is 0.177. The first-order valence-corrected chi connectivity index (χ1v) is 7.56. The van der Waals surface area contributed by atoms with Crippen LogP contribution in [-0.4, -0.2) is 17.1 Å². The fraction of sp³-hybridized carbons (Fsp3) is 0.688. The van der Waals surface area contributed by atoms with Gasteiger partial charge >= 0.3 is 0 Å². The SMILES string of the molecule is CC(C)Oc1ncccc1CNC1CC2CCC1C2. The first-order chi connectivity index (χ1) is 9.22. The summed E-state index contributed by atoms with van der Waals surface area (Å²) in [4.78, 5) is 4.35. The van der Waals surface area contributed by atoms with Gasteiger partial charge in [-0.05, 0) is 51.0 Å². The van der Waals surface area contributed by atoms with Gasteiger partial charge in [-0.15, -0.1) is 0 Å². The van der Waals surface area contributed by atoms with Crippen molar-refractivity contribution < 1.29 is 4.74 Å². The minimum absolute atomic E-state index is 0.177. The summed E-state index contributed by atoms with van der Waals surface area (Å²) in [6.07, 6.45) is 7.67. The molecule has 19 heavy (non-hydrogen) atoms. The molecule has 3 unspecified atom stereocenters. The van der Waals surface area contributed by atoms with E-state index in [9.17, 15) is 0 Å². The minimum Gasteiger partial charge on any atom is -0.475 e. The number of hydrogen-bond acceptors (Lipinski definition) is 3. The summed E-state index contributed by atoms with van der Waals surface area (Å²) in [6, 6.07) is 4.82. The van der Waals surface area contributed by atoms with Crippen molar-refractivity contribution in [3.8, 4) is 5.88 Å². The molecule has 0 amide bonds. The second kappa shape index (κ2) is 5.49. The zero-order valence-corrected chi connectivity index (χ0v) is 11.9. The number of aromatic nitrogens is 1. The molecule has 0 saturated heterocycles. The fourth-order valence-electron chi connectivity index (χ4n) is 3.62. The predicted molar refractivity (Wildman–Crippen MR) is 76.1 cm³/mol. The molecule has 1 aromatic rings. The number of nitrogens with zero attached hydrogens (tertiary/aromatic N) is 1. The van der Waals surface area contributed by atoms with Crippen LogP contribution in [0, 0.1) is 11.8 Å². The molecule has 3 atom stereocenters. The second-order valence-electron chi connectivity index (χ2n) is 6.30. The van der Waals surface area contributed by atoms with E-state index in [0.29, 0.717) is 6.04 Å². The molecule has 2 saturated carbocycles. The van der Waals surface area contributed by atoms with E-state index in [1.165, 1.54) is 31.2 Å². The zero-order valence-electron chi connectivity index (χ0n) is 11.9. The van der Waals surface area contributed by atoms with Crippen molar-refractivity contribution >= 4 is 0 Å². The van der Waals surface area contributed by atoms with Crippen molar-refractivity contribution in [1.82, 2.24) is 10.3 Å². The lowest BCUT2D eigenvalue weighted by atomic mass is 9.95. The van der Waals surface area contributed by atoms with Crippen LogP contribution in [0.4, 0.5) is 0 Å². The van der Waals surface area contributed by atoms with E-state index >= 15 is 0 Å². The van der Waals surface area contributed by atoms with Crippen LogP contribution < -0.4 is 10.1 Å². The van der Waals surface area contributed by atoms with Gasteiger partial charge in [0.15, 0.2) is 0 Å². The maximum Gasteiger partial charge on any atom is 0.218 e. The molecular weight excluding hydrogens is 236 g/mol. The Morgan fingerprint density at radius 3 is 2.95 bits per heavy atom. The molecule has 1 N–H and O–H groups in total. The highest BCUT2D eigenvalue weighted by atomic mass is 16.5. The van der Waals surface area contributed by atoms with Crippen LogP contribution >= 0.6 is 0 Å². The Hall–Kier alpha value is -1.09. The highest BCUT2D eigenvalue weighted by Crippen LogP contribution is 2.44. The van der Waals surface area contributed by atoms with Gasteiger partial charge in [-0.2, -0.15) is 0 Å². The van der Waals surface area contributed by atoms with Crippen molar-refractivity contribution in [2.24, 2.45) is 11.8 Å². The normalized spacial score (nSPS) is 29.1. The second-order valence-corrected chi connectivity index (χ2v) is 6.30. The van der Waals surface area contributed by atoms with E-state index in [4.69, 9.17) is 4.74 Å².